The van der Waals surface area contributed by atoms with Gasteiger partial charge in [-0.1, -0.05) is 58.5 Å². The topological polar surface area (TPSA) is 61.6 Å². The van der Waals surface area contributed by atoms with Gasteiger partial charge in [0.15, 0.2) is 0 Å². The van der Waals surface area contributed by atoms with Gasteiger partial charge in [-0.3, -0.25) is 10.1 Å². The summed E-state index contributed by atoms with van der Waals surface area (Å²) in [5.41, 5.74) is 1.28. The van der Waals surface area contributed by atoms with Gasteiger partial charge in [0.2, 0.25) is 0 Å². The van der Waals surface area contributed by atoms with E-state index in [0.29, 0.717) is 26.9 Å². The highest BCUT2D eigenvalue weighted by molar-refractivity contribution is 6.55. The lowest BCUT2D eigenvalue weighted by atomic mass is 10.2. The second-order valence-electron chi connectivity index (χ2n) is 5.09. The molecule has 0 aliphatic rings. The smallest absolute Gasteiger partial charge is 0.269 e. The van der Waals surface area contributed by atoms with Gasteiger partial charge in [-0.2, -0.15) is 0 Å². The van der Waals surface area contributed by atoms with Crippen LogP contribution in [0.15, 0.2) is 47.0 Å². The number of non-ortho nitro benzene ring substituents is 1. The molecular formula is C17H13Cl4NO4. The fraction of sp³-hybridized carbons (Fsp3) is 0.176. The molecule has 0 amide bonds. The van der Waals surface area contributed by atoms with Gasteiger partial charge < -0.3 is 9.47 Å². The fourth-order valence-corrected chi connectivity index (χ4v) is 2.73. The van der Waals surface area contributed by atoms with Crippen LogP contribution in [0.5, 0.6) is 5.75 Å². The quantitative estimate of drug-likeness (QED) is 0.359. The van der Waals surface area contributed by atoms with Gasteiger partial charge in [0.05, 0.1) is 28.2 Å². The largest absolute Gasteiger partial charge is 0.489 e. The number of ether oxygens (including phenoxy) is 2. The van der Waals surface area contributed by atoms with E-state index in [4.69, 9.17) is 55.9 Å². The molecule has 0 aliphatic carbocycles. The molecular weight excluding hydrogens is 424 g/mol. The molecule has 0 atom stereocenters. The van der Waals surface area contributed by atoms with Gasteiger partial charge >= 0.3 is 0 Å². The third-order valence-electron chi connectivity index (χ3n) is 3.24. The van der Waals surface area contributed by atoms with E-state index < -0.39 is 4.92 Å². The first-order valence-electron chi connectivity index (χ1n) is 7.29. The average molecular weight is 437 g/mol. The zero-order valence-electron chi connectivity index (χ0n) is 13.3. The van der Waals surface area contributed by atoms with E-state index in [-0.39, 0.29) is 30.0 Å². The van der Waals surface area contributed by atoms with Crippen LogP contribution in [0.4, 0.5) is 5.69 Å². The number of benzene rings is 2. The monoisotopic (exact) mass is 435 g/mol. The van der Waals surface area contributed by atoms with Crippen molar-refractivity contribution in [2.45, 2.75) is 13.2 Å². The van der Waals surface area contributed by atoms with Gasteiger partial charge in [0.25, 0.3) is 5.69 Å². The fourth-order valence-electron chi connectivity index (χ4n) is 2.03. The molecule has 2 aromatic rings. The van der Waals surface area contributed by atoms with Crippen LogP contribution in [0.2, 0.25) is 10.0 Å². The highest BCUT2D eigenvalue weighted by Gasteiger charge is 2.11. The van der Waals surface area contributed by atoms with Crippen LogP contribution in [0, 0.1) is 10.1 Å². The second-order valence-corrected chi connectivity index (χ2v) is 6.91. The summed E-state index contributed by atoms with van der Waals surface area (Å²) in [6.07, 6.45) is 1.49. The third kappa shape index (κ3) is 6.34. The van der Waals surface area contributed by atoms with Crippen molar-refractivity contribution in [1.29, 1.82) is 0 Å². The lowest BCUT2D eigenvalue weighted by molar-refractivity contribution is -0.384. The summed E-state index contributed by atoms with van der Waals surface area (Å²) in [6.45, 7) is 0.511. The molecule has 0 heterocycles. The number of nitro groups is 1. The maximum Gasteiger partial charge on any atom is 0.269 e. The summed E-state index contributed by atoms with van der Waals surface area (Å²) in [7, 11) is 0. The van der Waals surface area contributed by atoms with Crippen LogP contribution in [0.1, 0.15) is 11.1 Å². The molecule has 0 aliphatic heterocycles. The SMILES string of the molecule is O=[N+]([O-])c1cccc(COCc2c(Cl)cc(OCC=C(Cl)Cl)cc2Cl)c1. The number of hydrogen-bond acceptors (Lipinski definition) is 4. The van der Waals surface area contributed by atoms with Gasteiger partial charge in [-0.05, 0) is 23.8 Å². The van der Waals surface area contributed by atoms with Crippen LogP contribution in [-0.4, -0.2) is 11.5 Å². The van der Waals surface area contributed by atoms with E-state index in [1.54, 1.807) is 24.3 Å². The summed E-state index contributed by atoms with van der Waals surface area (Å²) < 4.78 is 11.1. The van der Waals surface area contributed by atoms with Crippen LogP contribution >= 0.6 is 46.4 Å². The molecule has 2 rings (SSSR count). The molecule has 9 heteroatoms. The molecule has 0 saturated carbocycles. The van der Waals surface area contributed by atoms with E-state index in [2.05, 4.69) is 0 Å². The van der Waals surface area contributed by atoms with Crippen molar-refractivity contribution >= 4 is 52.1 Å². The second kappa shape index (κ2) is 10.00. The third-order valence-corrected chi connectivity index (χ3v) is 4.22. The average Bonchev–Trinajstić information content (AvgIpc) is 2.57. The van der Waals surface area contributed by atoms with Gasteiger partial charge in [-0.15, -0.1) is 0 Å². The standard InChI is InChI=1S/C17H13Cl4NO4/c18-15-7-13(26-5-4-17(20)21)8-16(19)14(15)10-25-9-11-2-1-3-12(6-11)22(23)24/h1-4,6-8H,5,9-10H2. The molecule has 0 aromatic heterocycles. The Morgan fingerprint density at radius 2 is 1.81 bits per heavy atom. The molecule has 0 fully saturated rings. The lowest BCUT2D eigenvalue weighted by Gasteiger charge is -2.11. The van der Waals surface area contributed by atoms with Crippen molar-refractivity contribution in [2.75, 3.05) is 6.61 Å². The van der Waals surface area contributed by atoms with Gasteiger partial charge in [0.1, 0.15) is 16.8 Å². The van der Waals surface area contributed by atoms with E-state index in [0.717, 1.165) is 0 Å². The number of rotatable bonds is 8. The number of hydrogen-bond donors (Lipinski definition) is 0. The molecule has 26 heavy (non-hydrogen) atoms. The van der Waals surface area contributed by atoms with E-state index in [1.165, 1.54) is 18.2 Å². The Morgan fingerprint density at radius 1 is 1.12 bits per heavy atom. The number of halogens is 4. The van der Waals surface area contributed by atoms with Crippen molar-refractivity contribution in [3.05, 3.63) is 78.3 Å². The molecule has 0 bridgehead atoms. The summed E-state index contributed by atoms with van der Waals surface area (Å²) in [5.74, 6) is 0.466. The molecule has 0 radical (unpaired) electrons. The van der Waals surface area contributed by atoms with Crippen molar-refractivity contribution in [2.24, 2.45) is 0 Å². The van der Waals surface area contributed by atoms with Crippen LogP contribution in [0.3, 0.4) is 0 Å². The minimum atomic E-state index is -0.456. The lowest BCUT2D eigenvalue weighted by Crippen LogP contribution is -1.99. The maximum atomic E-state index is 10.8. The molecule has 138 valence electrons. The molecule has 0 spiro atoms. The van der Waals surface area contributed by atoms with Gasteiger partial charge in [-0.25, -0.2) is 0 Å². The molecule has 0 N–H and O–H groups in total. The van der Waals surface area contributed by atoms with Crippen LogP contribution < -0.4 is 4.74 Å². The van der Waals surface area contributed by atoms with Crippen molar-refractivity contribution in [1.82, 2.24) is 0 Å². The predicted octanol–water partition coefficient (Wildman–Crippen LogP) is 6.32. The number of nitrogens with zero attached hydrogens (tertiary/aromatic N) is 1. The first kappa shape index (κ1) is 20.8. The minimum absolute atomic E-state index is 0.00904. The molecule has 5 nitrogen and oxygen atoms in total. The van der Waals surface area contributed by atoms with Crippen LogP contribution in [-0.2, 0) is 18.0 Å². The normalized spacial score (nSPS) is 10.5. The van der Waals surface area contributed by atoms with E-state index in [1.807, 2.05) is 0 Å². The Balaban J connectivity index is 1.98. The van der Waals surface area contributed by atoms with Crippen LogP contribution in [0.25, 0.3) is 0 Å². The zero-order valence-corrected chi connectivity index (χ0v) is 16.3. The first-order chi connectivity index (χ1) is 12.4. The molecule has 2 aromatic carbocycles. The van der Waals surface area contributed by atoms with Crippen molar-refractivity contribution in [3.8, 4) is 5.75 Å². The van der Waals surface area contributed by atoms with Crippen molar-refractivity contribution < 1.29 is 14.4 Å². The number of nitro benzene ring substituents is 1. The highest BCUT2D eigenvalue weighted by Crippen LogP contribution is 2.31. The summed E-state index contributed by atoms with van der Waals surface area (Å²) >= 11 is 23.5. The van der Waals surface area contributed by atoms with Crippen molar-refractivity contribution in [3.63, 3.8) is 0 Å². The summed E-state index contributed by atoms with van der Waals surface area (Å²) in [6, 6.07) is 9.43. The Labute approximate surface area is 170 Å². The zero-order chi connectivity index (χ0) is 19.1. The Bertz CT molecular complexity index is 799. The van der Waals surface area contributed by atoms with E-state index >= 15 is 0 Å². The Morgan fingerprint density at radius 3 is 2.42 bits per heavy atom. The Hall–Kier alpha value is -1.50. The Kier molecular flexibility index (Phi) is 8.00. The summed E-state index contributed by atoms with van der Waals surface area (Å²) in [4.78, 5) is 10.3. The molecule has 0 saturated heterocycles. The summed E-state index contributed by atoms with van der Waals surface area (Å²) in [5, 5.41) is 11.5. The highest BCUT2D eigenvalue weighted by atomic mass is 35.5. The first-order valence-corrected chi connectivity index (χ1v) is 8.81. The van der Waals surface area contributed by atoms with E-state index in [9.17, 15) is 10.1 Å². The van der Waals surface area contributed by atoms with Gasteiger partial charge in [0, 0.05) is 17.7 Å². The molecule has 0 unspecified atom stereocenters. The maximum absolute atomic E-state index is 10.8. The minimum Gasteiger partial charge on any atom is -0.489 e. The predicted molar refractivity (Wildman–Crippen MR) is 103 cm³/mol.